The maximum atomic E-state index is 12.0. The van der Waals surface area contributed by atoms with Gasteiger partial charge in [-0.25, -0.2) is 0 Å². The Morgan fingerprint density at radius 1 is 1.50 bits per heavy atom. The smallest absolute Gasteiger partial charge is 0.279 e. The lowest BCUT2D eigenvalue weighted by Crippen LogP contribution is -3.14. The molecule has 0 aromatic heterocycles. The minimum absolute atomic E-state index is 0.00433. The van der Waals surface area contributed by atoms with E-state index in [0.717, 1.165) is 19.0 Å². The molecule has 1 aromatic rings. The van der Waals surface area contributed by atoms with E-state index in [0.29, 0.717) is 22.8 Å². The Hall–Kier alpha value is -1.57. The lowest BCUT2D eigenvalue weighted by atomic mass is 9.99. The fourth-order valence-electron chi connectivity index (χ4n) is 2.46. The number of nitrogens with zero attached hydrogens (tertiary/aromatic N) is 1. The number of piperidine rings is 1. The van der Waals surface area contributed by atoms with Crippen LogP contribution in [0.25, 0.3) is 0 Å². The SMILES string of the molecule is CC1CC[NH+](CC(=O)Nc2ccc(C#N)c(Cl)c2)CC1. The van der Waals surface area contributed by atoms with E-state index < -0.39 is 0 Å². The molecule has 1 aliphatic rings. The summed E-state index contributed by atoms with van der Waals surface area (Å²) in [5.74, 6) is 0.773. The maximum absolute atomic E-state index is 12.0. The summed E-state index contributed by atoms with van der Waals surface area (Å²) in [7, 11) is 0. The highest BCUT2D eigenvalue weighted by atomic mass is 35.5. The lowest BCUT2D eigenvalue weighted by molar-refractivity contribution is -0.897. The van der Waals surface area contributed by atoms with E-state index >= 15 is 0 Å². The molecule has 5 heteroatoms. The summed E-state index contributed by atoms with van der Waals surface area (Å²) in [6, 6.07) is 6.94. The van der Waals surface area contributed by atoms with Crippen molar-refractivity contribution < 1.29 is 9.69 Å². The van der Waals surface area contributed by atoms with Crippen molar-refractivity contribution in [2.75, 3.05) is 25.0 Å². The largest absolute Gasteiger partial charge is 0.327 e. The number of carbonyl (C=O) groups is 1. The van der Waals surface area contributed by atoms with Gasteiger partial charge in [0.2, 0.25) is 0 Å². The number of anilines is 1. The number of amides is 1. The van der Waals surface area contributed by atoms with Crippen LogP contribution in [-0.2, 0) is 4.79 Å². The van der Waals surface area contributed by atoms with E-state index in [4.69, 9.17) is 16.9 Å². The van der Waals surface area contributed by atoms with Crippen LogP contribution < -0.4 is 10.2 Å². The predicted molar refractivity (Wildman–Crippen MR) is 78.8 cm³/mol. The molecule has 0 unspecified atom stereocenters. The molecule has 0 atom stereocenters. The molecule has 0 saturated carbocycles. The quantitative estimate of drug-likeness (QED) is 0.886. The molecular weight excluding hydrogens is 274 g/mol. The molecule has 1 heterocycles. The maximum Gasteiger partial charge on any atom is 0.279 e. The van der Waals surface area contributed by atoms with Crippen molar-refractivity contribution in [3.63, 3.8) is 0 Å². The number of nitrogens with one attached hydrogen (secondary N) is 2. The van der Waals surface area contributed by atoms with E-state index in [9.17, 15) is 4.79 Å². The number of benzene rings is 1. The van der Waals surface area contributed by atoms with Gasteiger partial charge in [0.15, 0.2) is 6.54 Å². The van der Waals surface area contributed by atoms with Gasteiger partial charge in [0.1, 0.15) is 6.07 Å². The first-order valence-electron chi connectivity index (χ1n) is 6.91. The van der Waals surface area contributed by atoms with E-state index in [1.165, 1.54) is 17.7 Å². The van der Waals surface area contributed by atoms with Crippen molar-refractivity contribution in [1.82, 2.24) is 0 Å². The third-order valence-corrected chi connectivity index (χ3v) is 4.08. The summed E-state index contributed by atoms with van der Waals surface area (Å²) >= 11 is 5.94. The first-order chi connectivity index (χ1) is 9.58. The zero-order valence-electron chi connectivity index (χ0n) is 11.6. The van der Waals surface area contributed by atoms with Crippen LogP contribution >= 0.6 is 11.6 Å². The lowest BCUT2D eigenvalue weighted by Gasteiger charge is -2.26. The van der Waals surface area contributed by atoms with Gasteiger partial charge in [-0.3, -0.25) is 4.79 Å². The number of quaternary nitrogens is 1. The van der Waals surface area contributed by atoms with Crippen molar-refractivity contribution in [2.24, 2.45) is 5.92 Å². The number of rotatable bonds is 3. The van der Waals surface area contributed by atoms with E-state index in [-0.39, 0.29) is 5.91 Å². The van der Waals surface area contributed by atoms with Crippen molar-refractivity contribution in [1.29, 1.82) is 5.26 Å². The van der Waals surface area contributed by atoms with Crippen LogP contribution in [0.4, 0.5) is 5.69 Å². The highest BCUT2D eigenvalue weighted by molar-refractivity contribution is 6.32. The Bertz CT molecular complexity index is 530. The number of nitriles is 1. The Labute approximate surface area is 124 Å². The molecule has 0 bridgehead atoms. The van der Waals surface area contributed by atoms with Crippen LogP contribution in [0.2, 0.25) is 5.02 Å². The highest BCUT2D eigenvalue weighted by Gasteiger charge is 2.21. The summed E-state index contributed by atoms with van der Waals surface area (Å²) in [6.07, 6.45) is 2.37. The molecule has 4 nitrogen and oxygen atoms in total. The summed E-state index contributed by atoms with van der Waals surface area (Å²) < 4.78 is 0. The molecule has 1 fully saturated rings. The predicted octanol–water partition coefficient (Wildman–Crippen LogP) is 1.46. The van der Waals surface area contributed by atoms with Gasteiger partial charge in [-0.05, 0) is 37.0 Å². The molecule has 1 amide bonds. The van der Waals surface area contributed by atoms with Crippen LogP contribution in [0.1, 0.15) is 25.3 Å². The number of halogens is 1. The molecule has 20 heavy (non-hydrogen) atoms. The first-order valence-corrected chi connectivity index (χ1v) is 7.29. The molecule has 2 rings (SSSR count). The number of carbonyl (C=O) groups excluding carboxylic acids is 1. The summed E-state index contributed by atoms with van der Waals surface area (Å²) in [6.45, 7) is 4.87. The van der Waals surface area contributed by atoms with Crippen molar-refractivity contribution >= 4 is 23.2 Å². The second-order valence-electron chi connectivity index (χ2n) is 5.46. The van der Waals surface area contributed by atoms with Crippen molar-refractivity contribution in [2.45, 2.75) is 19.8 Å². The van der Waals surface area contributed by atoms with Crippen LogP contribution in [-0.4, -0.2) is 25.5 Å². The van der Waals surface area contributed by atoms with Gasteiger partial charge < -0.3 is 10.2 Å². The van der Waals surface area contributed by atoms with E-state index in [1.807, 2.05) is 6.07 Å². The summed E-state index contributed by atoms with van der Waals surface area (Å²) in [4.78, 5) is 13.3. The van der Waals surface area contributed by atoms with E-state index in [1.54, 1.807) is 18.2 Å². The minimum Gasteiger partial charge on any atom is -0.327 e. The first kappa shape index (κ1) is 14.8. The normalized spacial score (nSPS) is 22.1. The Balaban J connectivity index is 1.88. The van der Waals surface area contributed by atoms with Gasteiger partial charge in [0.25, 0.3) is 5.91 Å². The average molecular weight is 293 g/mol. The molecule has 106 valence electrons. The van der Waals surface area contributed by atoms with Gasteiger partial charge in [-0.2, -0.15) is 5.26 Å². The zero-order chi connectivity index (χ0) is 14.5. The molecule has 2 N–H and O–H groups in total. The third-order valence-electron chi connectivity index (χ3n) is 3.77. The van der Waals surface area contributed by atoms with Crippen molar-refractivity contribution in [3.05, 3.63) is 28.8 Å². The fourth-order valence-corrected chi connectivity index (χ4v) is 2.69. The zero-order valence-corrected chi connectivity index (χ0v) is 12.3. The monoisotopic (exact) mass is 292 g/mol. The molecule has 0 radical (unpaired) electrons. The third kappa shape index (κ3) is 3.96. The fraction of sp³-hybridized carbons (Fsp3) is 0.467. The van der Waals surface area contributed by atoms with Gasteiger partial charge in [-0.1, -0.05) is 18.5 Å². The molecule has 0 spiro atoms. The molecule has 1 aromatic carbocycles. The van der Waals surface area contributed by atoms with Crippen molar-refractivity contribution in [3.8, 4) is 6.07 Å². The molecule has 1 saturated heterocycles. The average Bonchev–Trinajstić information content (AvgIpc) is 2.41. The van der Waals surface area contributed by atoms with Crippen LogP contribution in [0, 0.1) is 17.2 Å². The standard InChI is InChI=1S/C15H18ClN3O/c1-11-4-6-19(7-5-11)10-15(20)18-13-3-2-12(9-17)14(16)8-13/h2-3,8,11H,4-7,10H2,1H3,(H,18,20)/p+1. The number of hydrogen-bond acceptors (Lipinski definition) is 2. The minimum atomic E-state index is -0.00433. The van der Waals surface area contributed by atoms with Crippen LogP contribution in [0.15, 0.2) is 18.2 Å². The van der Waals surface area contributed by atoms with Gasteiger partial charge in [0.05, 0.1) is 23.7 Å². The molecule has 0 aliphatic carbocycles. The van der Waals surface area contributed by atoms with Gasteiger partial charge in [-0.15, -0.1) is 0 Å². The van der Waals surface area contributed by atoms with Crippen LogP contribution in [0.3, 0.4) is 0 Å². The Morgan fingerprint density at radius 2 is 2.20 bits per heavy atom. The Morgan fingerprint density at radius 3 is 2.80 bits per heavy atom. The Kier molecular flexibility index (Phi) is 4.99. The van der Waals surface area contributed by atoms with E-state index in [2.05, 4.69) is 12.2 Å². The number of likely N-dealkylation sites (tertiary alicyclic amines) is 1. The highest BCUT2D eigenvalue weighted by Crippen LogP contribution is 2.19. The second kappa shape index (κ2) is 6.74. The van der Waals surface area contributed by atoms with Crippen LogP contribution in [0.5, 0.6) is 0 Å². The molecule has 1 aliphatic heterocycles. The summed E-state index contributed by atoms with van der Waals surface area (Å²) in [5.41, 5.74) is 1.06. The number of hydrogen-bond donors (Lipinski definition) is 2. The topological polar surface area (TPSA) is 57.3 Å². The summed E-state index contributed by atoms with van der Waals surface area (Å²) in [5, 5.41) is 12.0. The second-order valence-corrected chi connectivity index (χ2v) is 5.87. The van der Waals surface area contributed by atoms with Gasteiger partial charge in [0, 0.05) is 5.69 Å². The van der Waals surface area contributed by atoms with Gasteiger partial charge >= 0.3 is 0 Å². The molecular formula is C15H19ClN3O+.